The molecule has 0 atom stereocenters. The first kappa shape index (κ1) is 19.4. The Labute approximate surface area is 151 Å². The van der Waals surface area contributed by atoms with E-state index in [-0.39, 0.29) is 12.3 Å². The second kappa shape index (κ2) is 8.96. The van der Waals surface area contributed by atoms with E-state index < -0.39 is 17.6 Å². The van der Waals surface area contributed by atoms with E-state index in [0.29, 0.717) is 23.4 Å². The van der Waals surface area contributed by atoms with Gasteiger partial charge in [0.25, 0.3) is 5.91 Å². The molecule has 2 aromatic carbocycles. The Bertz CT molecular complexity index is 778. The molecule has 6 nitrogen and oxygen atoms in total. The Balaban J connectivity index is 1.87. The Morgan fingerprint density at radius 3 is 2.35 bits per heavy atom. The van der Waals surface area contributed by atoms with Crippen LogP contribution in [0.4, 0.5) is 4.39 Å². The zero-order valence-electron chi connectivity index (χ0n) is 14.9. The summed E-state index contributed by atoms with van der Waals surface area (Å²) < 4.78 is 23.6. The normalized spacial score (nSPS) is 10.5. The van der Waals surface area contributed by atoms with Crippen molar-refractivity contribution in [3.8, 4) is 11.5 Å². The summed E-state index contributed by atoms with van der Waals surface area (Å²) in [7, 11) is 4.64. The number of halogens is 1. The molecule has 2 rings (SSSR count). The number of carbonyl (C=O) groups is 2. The molecule has 0 aliphatic heterocycles. The van der Waals surface area contributed by atoms with Gasteiger partial charge >= 0.3 is 0 Å². The van der Waals surface area contributed by atoms with Crippen LogP contribution in [0.3, 0.4) is 0 Å². The molecule has 2 amide bonds. The van der Waals surface area contributed by atoms with Crippen LogP contribution < -0.4 is 14.8 Å². The summed E-state index contributed by atoms with van der Waals surface area (Å²) in [5, 5.41) is 2.33. The van der Waals surface area contributed by atoms with Gasteiger partial charge in [0.05, 0.1) is 20.8 Å². The van der Waals surface area contributed by atoms with Gasteiger partial charge in [-0.2, -0.15) is 0 Å². The number of ether oxygens (including phenoxy) is 2. The first-order valence-electron chi connectivity index (χ1n) is 7.92. The number of methoxy groups -OCH3 is 2. The molecule has 0 fully saturated rings. The van der Waals surface area contributed by atoms with Crippen molar-refractivity contribution in [2.75, 3.05) is 27.8 Å². The van der Waals surface area contributed by atoms with Gasteiger partial charge in [0.1, 0.15) is 5.75 Å². The van der Waals surface area contributed by atoms with Crippen molar-refractivity contribution in [2.45, 2.75) is 6.54 Å². The molecule has 138 valence electrons. The minimum absolute atomic E-state index is 0.00442. The number of benzene rings is 2. The molecule has 0 bridgehead atoms. The summed E-state index contributed by atoms with van der Waals surface area (Å²) in [6.45, 7) is 0.348. The summed E-state index contributed by atoms with van der Waals surface area (Å²) in [5.74, 6) is -0.597. The van der Waals surface area contributed by atoms with Gasteiger partial charge in [0, 0.05) is 12.1 Å². The van der Waals surface area contributed by atoms with Crippen LogP contribution in [0.15, 0.2) is 42.5 Å². The predicted molar refractivity (Wildman–Crippen MR) is 94.8 cm³/mol. The van der Waals surface area contributed by atoms with Crippen LogP contribution in [-0.2, 0) is 11.3 Å². The third-order valence-corrected chi connectivity index (χ3v) is 3.69. The van der Waals surface area contributed by atoms with Crippen molar-refractivity contribution in [1.82, 2.24) is 10.2 Å². The van der Waals surface area contributed by atoms with Gasteiger partial charge in [-0.15, -0.1) is 0 Å². The van der Waals surface area contributed by atoms with Gasteiger partial charge < -0.3 is 9.47 Å². The number of hydrogen-bond donors (Lipinski definition) is 1. The molecule has 0 radical (unpaired) electrons. The van der Waals surface area contributed by atoms with Gasteiger partial charge in [-0.25, -0.2) is 4.39 Å². The lowest BCUT2D eigenvalue weighted by molar-refractivity contribution is -0.121. The number of nitrogens with zero attached hydrogens (tertiary/aromatic N) is 1. The maximum Gasteiger partial charge on any atom is 0.257 e. The van der Waals surface area contributed by atoms with E-state index in [1.165, 1.54) is 26.4 Å². The molecular weight excluding hydrogens is 339 g/mol. The second-order valence-corrected chi connectivity index (χ2v) is 5.75. The Morgan fingerprint density at radius 2 is 1.77 bits per heavy atom. The summed E-state index contributed by atoms with van der Waals surface area (Å²) in [5.41, 5.74) is 1.05. The lowest BCUT2D eigenvalue weighted by atomic mass is 10.2. The standard InChI is InChI=1S/C19H21FN2O4/c1-22(11-13-4-9-17(26-3)16(20)10-13)12-18(23)21-19(24)14-5-7-15(25-2)8-6-14/h4-10H,11-12H2,1-3H3,(H,21,23,24). The largest absolute Gasteiger partial charge is 0.497 e. The SMILES string of the molecule is COc1ccc(C(=O)NC(=O)CN(C)Cc2ccc(OC)c(F)c2)cc1. The van der Waals surface area contributed by atoms with Crippen molar-refractivity contribution in [1.29, 1.82) is 0 Å². The van der Waals surface area contributed by atoms with Gasteiger partial charge in [-0.3, -0.25) is 19.8 Å². The van der Waals surface area contributed by atoms with E-state index in [4.69, 9.17) is 9.47 Å². The zero-order valence-corrected chi connectivity index (χ0v) is 14.9. The minimum atomic E-state index is -0.485. The highest BCUT2D eigenvalue weighted by Crippen LogP contribution is 2.18. The molecule has 0 aromatic heterocycles. The molecule has 0 aliphatic rings. The highest BCUT2D eigenvalue weighted by molar-refractivity contribution is 6.05. The first-order chi connectivity index (χ1) is 12.4. The first-order valence-corrected chi connectivity index (χ1v) is 7.92. The molecule has 0 spiro atoms. The fourth-order valence-electron chi connectivity index (χ4n) is 2.40. The second-order valence-electron chi connectivity index (χ2n) is 5.75. The number of carbonyl (C=O) groups excluding carboxylic acids is 2. The molecule has 1 N–H and O–H groups in total. The fourth-order valence-corrected chi connectivity index (χ4v) is 2.40. The van der Waals surface area contributed by atoms with Crippen molar-refractivity contribution in [3.63, 3.8) is 0 Å². The fraction of sp³-hybridized carbons (Fsp3) is 0.263. The molecule has 0 saturated carbocycles. The Hall–Kier alpha value is -2.93. The van der Waals surface area contributed by atoms with Crippen molar-refractivity contribution in [3.05, 3.63) is 59.4 Å². The van der Waals surface area contributed by atoms with Crippen LogP contribution in [0.25, 0.3) is 0 Å². The van der Waals surface area contributed by atoms with Crippen molar-refractivity contribution < 1.29 is 23.5 Å². The van der Waals surface area contributed by atoms with Crippen LogP contribution in [0, 0.1) is 5.82 Å². The molecule has 0 aliphatic carbocycles. The molecular formula is C19H21FN2O4. The number of amides is 2. The maximum absolute atomic E-state index is 13.7. The highest BCUT2D eigenvalue weighted by atomic mass is 19.1. The maximum atomic E-state index is 13.7. The van der Waals surface area contributed by atoms with E-state index in [1.54, 1.807) is 42.3 Å². The van der Waals surface area contributed by atoms with Crippen LogP contribution in [0.5, 0.6) is 11.5 Å². The van der Waals surface area contributed by atoms with Crippen LogP contribution in [0.1, 0.15) is 15.9 Å². The average Bonchev–Trinajstić information content (AvgIpc) is 2.61. The van der Waals surface area contributed by atoms with Crippen molar-refractivity contribution >= 4 is 11.8 Å². The zero-order chi connectivity index (χ0) is 19.1. The summed E-state index contributed by atoms with van der Waals surface area (Å²) >= 11 is 0. The van der Waals surface area contributed by atoms with Crippen LogP contribution in [-0.4, -0.2) is 44.5 Å². The van der Waals surface area contributed by atoms with E-state index in [0.717, 1.165) is 0 Å². The van der Waals surface area contributed by atoms with Crippen LogP contribution in [0.2, 0.25) is 0 Å². The van der Waals surface area contributed by atoms with E-state index in [2.05, 4.69) is 5.32 Å². The van der Waals surface area contributed by atoms with Crippen molar-refractivity contribution in [2.24, 2.45) is 0 Å². The number of likely N-dealkylation sites (N-methyl/N-ethyl adjacent to an activating group) is 1. The lowest BCUT2D eigenvalue weighted by Crippen LogP contribution is -2.38. The summed E-state index contributed by atoms with van der Waals surface area (Å²) in [6.07, 6.45) is 0. The smallest absolute Gasteiger partial charge is 0.257 e. The van der Waals surface area contributed by atoms with Gasteiger partial charge in [-0.1, -0.05) is 6.07 Å². The average molecular weight is 360 g/mol. The Kier molecular flexibility index (Phi) is 6.68. The quantitative estimate of drug-likeness (QED) is 0.820. The third kappa shape index (κ3) is 5.29. The number of rotatable bonds is 7. The molecule has 0 saturated heterocycles. The molecule has 7 heteroatoms. The van der Waals surface area contributed by atoms with E-state index in [9.17, 15) is 14.0 Å². The summed E-state index contributed by atoms with van der Waals surface area (Å²) in [6, 6.07) is 11.0. The van der Waals surface area contributed by atoms with Gasteiger partial charge in [0.15, 0.2) is 11.6 Å². The van der Waals surface area contributed by atoms with Gasteiger partial charge in [0.2, 0.25) is 5.91 Å². The molecule has 2 aromatic rings. The molecule has 0 heterocycles. The van der Waals surface area contributed by atoms with Crippen LogP contribution >= 0.6 is 0 Å². The highest BCUT2D eigenvalue weighted by Gasteiger charge is 2.13. The van der Waals surface area contributed by atoms with Gasteiger partial charge in [-0.05, 0) is 49.0 Å². The topological polar surface area (TPSA) is 67.9 Å². The van der Waals surface area contributed by atoms with E-state index >= 15 is 0 Å². The molecule has 26 heavy (non-hydrogen) atoms. The number of nitrogens with one attached hydrogen (secondary N) is 1. The third-order valence-electron chi connectivity index (χ3n) is 3.69. The number of hydrogen-bond acceptors (Lipinski definition) is 5. The minimum Gasteiger partial charge on any atom is -0.497 e. The number of imide groups is 1. The Morgan fingerprint density at radius 1 is 1.08 bits per heavy atom. The summed E-state index contributed by atoms with van der Waals surface area (Å²) in [4.78, 5) is 25.8. The molecule has 0 unspecified atom stereocenters. The monoisotopic (exact) mass is 360 g/mol. The predicted octanol–water partition coefficient (Wildman–Crippen LogP) is 2.23. The lowest BCUT2D eigenvalue weighted by Gasteiger charge is -2.16. The van der Waals surface area contributed by atoms with E-state index in [1.807, 2.05) is 0 Å².